The average Bonchev–Trinajstić information content (AvgIpc) is 3.09. The van der Waals surface area contributed by atoms with Crippen LogP contribution in [-0.4, -0.2) is 36.2 Å². The van der Waals surface area contributed by atoms with Gasteiger partial charge in [-0.3, -0.25) is 0 Å². The third kappa shape index (κ3) is 9.02. The lowest BCUT2D eigenvalue weighted by Crippen LogP contribution is -2.41. The highest BCUT2D eigenvalue weighted by Crippen LogP contribution is 2.46. The second-order valence-corrected chi connectivity index (χ2v) is 12.7. The Kier molecular flexibility index (Phi) is 13.6. The molecule has 242 valence electrons. The van der Waals surface area contributed by atoms with Crippen molar-refractivity contribution >= 4 is 15.9 Å². The summed E-state index contributed by atoms with van der Waals surface area (Å²) >= 11 is 3.89. The number of rotatable bonds is 12. The lowest BCUT2D eigenvalue weighted by molar-refractivity contribution is 0.0821. The number of halogens is 1. The average molecular weight is 677 g/mol. The molecule has 0 spiro atoms. The minimum absolute atomic E-state index is 0.0576. The molecule has 2 unspecified atom stereocenters. The summed E-state index contributed by atoms with van der Waals surface area (Å²) in [5.41, 5.74) is 2.35. The predicted molar refractivity (Wildman–Crippen MR) is 189 cm³/mol. The molecule has 2 aliphatic rings. The number of aliphatic hydroxyl groups excluding tert-OH is 1. The van der Waals surface area contributed by atoms with E-state index in [1.807, 2.05) is 66.7 Å². The fourth-order valence-electron chi connectivity index (χ4n) is 5.98. The van der Waals surface area contributed by atoms with Crippen molar-refractivity contribution in [3.63, 3.8) is 0 Å². The molecule has 1 fully saturated rings. The molecule has 5 rings (SSSR count). The smallest absolute Gasteiger partial charge is 0.175 e. The zero-order valence-electron chi connectivity index (χ0n) is 27.3. The van der Waals surface area contributed by atoms with Crippen LogP contribution in [0.4, 0.5) is 0 Å². The second kappa shape index (κ2) is 17.6. The lowest BCUT2D eigenvalue weighted by atomic mass is 9.85. The van der Waals surface area contributed by atoms with Gasteiger partial charge in [-0.2, -0.15) is 0 Å². The van der Waals surface area contributed by atoms with E-state index in [-0.39, 0.29) is 10.9 Å². The third-order valence-electron chi connectivity index (χ3n) is 8.68. The normalized spacial score (nSPS) is 21.6. The van der Waals surface area contributed by atoms with Crippen molar-refractivity contribution in [2.75, 3.05) is 20.2 Å². The van der Waals surface area contributed by atoms with Gasteiger partial charge in [0.15, 0.2) is 5.60 Å². The van der Waals surface area contributed by atoms with Crippen molar-refractivity contribution in [2.45, 2.75) is 82.2 Å². The topological polar surface area (TPSA) is 60.0 Å². The Labute approximate surface area is 278 Å². The van der Waals surface area contributed by atoms with Gasteiger partial charge in [-0.15, -0.1) is 0 Å². The molecule has 0 aromatic heterocycles. The Bertz CT molecular complexity index is 1400. The molecule has 0 bridgehead atoms. The van der Waals surface area contributed by atoms with Crippen LogP contribution in [-0.2, 0) is 23.2 Å². The summed E-state index contributed by atoms with van der Waals surface area (Å²) in [7, 11) is 1.68. The minimum atomic E-state index is -0.872. The van der Waals surface area contributed by atoms with Crippen molar-refractivity contribution in [3.05, 3.63) is 113 Å². The van der Waals surface area contributed by atoms with Crippen LogP contribution in [0, 0.1) is 5.92 Å². The highest BCUT2D eigenvalue weighted by atomic mass is 79.9. The van der Waals surface area contributed by atoms with Crippen molar-refractivity contribution in [1.82, 2.24) is 5.32 Å². The molecule has 0 radical (unpaired) electrons. The van der Waals surface area contributed by atoms with Gasteiger partial charge in [0, 0.05) is 18.2 Å². The molecule has 0 saturated carbocycles. The molecule has 1 aliphatic heterocycles. The number of nitrogens with one attached hydrogen (secondary N) is 1. The monoisotopic (exact) mass is 675 g/mol. The molecular formula is C39H50BrNO4. The van der Waals surface area contributed by atoms with E-state index in [4.69, 9.17) is 14.2 Å². The molecule has 2 N–H and O–H groups in total. The number of ether oxygens (including phenoxy) is 3. The quantitative estimate of drug-likeness (QED) is 0.187. The molecular weight excluding hydrogens is 626 g/mol. The lowest BCUT2D eigenvalue weighted by Gasteiger charge is -2.38. The summed E-state index contributed by atoms with van der Waals surface area (Å²) in [5, 5.41) is 13.1. The van der Waals surface area contributed by atoms with Crippen LogP contribution >= 0.6 is 15.9 Å². The highest BCUT2D eigenvalue weighted by Gasteiger charge is 2.44. The molecule has 5 nitrogen and oxygen atoms in total. The zero-order chi connectivity index (χ0) is 32.1. The van der Waals surface area contributed by atoms with Gasteiger partial charge in [-0.05, 0) is 80.0 Å². The summed E-state index contributed by atoms with van der Waals surface area (Å²) in [6, 6.07) is 24.4. The van der Waals surface area contributed by atoms with Gasteiger partial charge in [0.1, 0.15) is 23.0 Å². The van der Waals surface area contributed by atoms with E-state index in [1.165, 1.54) is 19.3 Å². The van der Waals surface area contributed by atoms with E-state index in [9.17, 15) is 5.11 Å². The Morgan fingerprint density at radius 1 is 0.911 bits per heavy atom. The van der Waals surface area contributed by atoms with Crippen molar-refractivity contribution in [2.24, 2.45) is 5.92 Å². The summed E-state index contributed by atoms with van der Waals surface area (Å²) in [4.78, 5) is -0.139. The number of aryl methyl sites for hydroxylation is 2. The molecule has 6 heteroatoms. The summed E-state index contributed by atoms with van der Waals surface area (Å²) < 4.78 is 19.1. The fraction of sp³-hybridized carbons (Fsp3) is 0.436. The fourth-order valence-corrected chi connectivity index (χ4v) is 6.61. The first-order valence-electron chi connectivity index (χ1n) is 16.6. The summed E-state index contributed by atoms with van der Waals surface area (Å²) in [6.45, 7) is 8.60. The van der Waals surface area contributed by atoms with Crippen LogP contribution < -0.4 is 14.8 Å². The first kappa shape index (κ1) is 34.8. The molecule has 0 amide bonds. The number of piperidine rings is 1. The zero-order valence-corrected chi connectivity index (χ0v) is 28.9. The number of hydrogen-bond donors (Lipinski definition) is 2. The number of unbranched alkanes of at least 4 members (excludes halogenated alkanes) is 1. The van der Waals surface area contributed by atoms with Crippen LogP contribution in [0.2, 0.25) is 0 Å². The van der Waals surface area contributed by atoms with Gasteiger partial charge >= 0.3 is 0 Å². The van der Waals surface area contributed by atoms with Gasteiger partial charge in [0.2, 0.25) is 0 Å². The van der Waals surface area contributed by atoms with Crippen molar-refractivity contribution in [3.8, 4) is 17.2 Å². The molecule has 45 heavy (non-hydrogen) atoms. The maximum absolute atomic E-state index is 9.77. The first-order chi connectivity index (χ1) is 21.9. The number of aliphatic hydroxyl groups is 1. The standard InChI is InChI=1S/C29H29BrO3.C10H21NO/c1-4-21-12-6-9-15-25(21)32-27-17-11-8-14-24(27)29(20-23(31-3)18-19-28(29)30)33-26-16-10-7-13-22(26)5-2;1-2-3-6-10(12)9-5-4-7-11-8-9/h6-20,28H,4-5H2,1-3H3;9-12H,2-8H2,1H3/t28?,29-;9-,10?/m01/s1. The van der Waals surface area contributed by atoms with Crippen molar-refractivity contribution in [1.29, 1.82) is 0 Å². The molecule has 3 aromatic carbocycles. The largest absolute Gasteiger partial charge is 0.497 e. The van der Waals surface area contributed by atoms with E-state index >= 15 is 0 Å². The molecule has 4 atom stereocenters. The number of alkyl halides is 1. The van der Waals surface area contributed by atoms with Gasteiger partial charge < -0.3 is 24.6 Å². The van der Waals surface area contributed by atoms with E-state index in [2.05, 4.69) is 66.3 Å². The van der Waals surface area contributed by atoms with Crippen LogP contribution in [0.25, 0.3) is 0 Å². The Balaban J connectivity index is 0.000000323. The van der Waals surface area contributed by atoms with Gasteiger partial charge in [-0.25, -0.2) is 0 Å². The van der Waals surface area contributed by atoms with E-state index in [0.29, 0.717) is 5.92 Å². The van der Waals surface area contributed by atoms with Crippen LogP contribution in [0.1, 0.15) is 69.6 Å². The minimum Gasteiger partial charge on any atom is -0.497 e. The molecule has 1 saturated heterocycles. The Morgan fingerprint density at radius 3 is 2.20 bits per heavy atom. The van der Waals surface area contributed by atoms with Gasteiger partial charge in [0.05, 0.1) is 18.0 Å². The first-order valence-corrected chi connectivity index (χ1v) is 17.5. The SMILES string of the molecule is CCCCC(O)[C@@H]1CCCNC1.CCc1ccccc1Oc1ccccc1[C@@]1(Oc2ccccc2CC)C=C(OC)C=CC1Br. The second-order valence-electron chi connectivity index (χ2n) is 11.7. The van der Waals surface area contributed by atoms with E-state index in [1.54, 1.807) is 7.11 Å². The predicted octanol–water partition coefficient (Wildman–Crippen LogP) is 9.28. The maximum atomic E-state index is 9.77. The number of hydrogen-bond acceptors (Lipinski definition) is 5. The molecule has 1 heterocycles. The van der Waals surface area contributed by atoms with Crippen LogP contribution in [0.5, 0.6) is 17.2 Å². The Hall–Kier alpha value is -3.06. The van der Waals surface area contributed by atoms with E-state index in [0.717, 1.165) is 78.5 Å². The van der Waals surface area contributed by atoms with Crippen molar-refractivity contribution < 1.29 is 19.3 Å². The molecule has 1 aliphatic carbocycles. The Morgan fingerprint density at radius 2 is 1.56 bits per heavy atom. The van der Waals surface area contributed by atoms with Gasteiger partial charge in [-0.1, -0.05) is 110 Å². The maximum Gasteiger partial charge on any atom is 0.175 e. The number of allylic oxidation sites excluding steroid dienone is 1. The third-order valence-corrected chi connectivity index (χ3v) is 9.66. The summed E-state index contributed by atoms with van der Waals surface area (Å²) in [5.74, 6) is 3.70. The van der Waals surface area contributed by atoms with Crippen LogP contribution in [0.3, 0.4) is 0 Å². The number of methoxy groups -OCH3 is 1. The van der Waals surface area contributed by atoms with Gasteiger partial charge in [0.25, 0.3) is 0 Å². The highest BCUT2D eigenvalue weighted by molar-refractivity contribution is 9.09. The molecule has 3 aromatic rings. The van der Waals surface area contributed by atoms with Crippen LogP contribution in [0.15, 0.2) is 96.8 Å². The number of benzene rings is 3. The van der Waals surface area contributed by atoms with E-state index < -0.39 is 5.60 Å². The summed E-state index contributed by atoms with van der Waals surface area (Å²) in [6.07, 6.45) is 13.5. The number of para-hydroxylation sites is 3.